The maximum absolute atomic E-state index is 12.4. The molecule has 2 aromatic carbocycles. The van der Waals surface area contributed by atoms with E-state index in [0.717, 1.165) is 12.0 Å². The first kappa shape index (κ1) is 19.1. The van der Waals surface area contributed by atoms with Crippen LogP contribution in [0.15, 0.2) is 59.9 Å². The van der Waals surface area contributed by atoms with Crippen molar-refractivity contribution in [1.29, 1.82) is 0 Å². The highest BCUT2D eigenvalue weighted by Crippen LogP contribution is 2.33. The third-order valence-corrected chi connectivity index (χ3v) is 5.95. The quantitative estimate of drug-likeness (QED) is 0.677. The van der Waals surface area contributed by atoms with Crippen molar-refractivity contribution >= 4 is 9.84 Å². The van der Waals surface area contributed by atoms with E-state index >= 15 is 0 Å². The number of rotatable bonds is 8. The van der Waals surface area contributed by atoms with Crippen molar-refractivity contribution in [3.8, 4) is 17.2 Å². The summed E-state index contributed by atoms with van der Waals surface area (Å²) in [6, 6.07) is 12.1. The lowest BCUT2D eigenvalue weighted by Gasteiger charge is -2.13. The fraction of sp³-hybridized carbons (Fsp3) is 0.300. The predicted molar refractivity (Wildman–Crippen MR) is 101 cm³/mol. The summed E-state index contributed by atoms with van der Waals surface area (Å²) in [6.45, 7) is 2.07. The monoisotopic (exact) mass is 390 g/mol. The van der Waals surface area contributed by atoms with Crippen molar-refractivity contribution in [1.82, 2.24) is 0 Å². The second-order valence-corrected chi connectivity index (χ2v) is 8.10. The number of benzene rings is 2. The molecule has 3 rings (SSSR count). The summed E-state index contributed by atoms with van der Waals surface area (Å²) in [7, 11) is -1.84. The largest absolute Gasteiger partial charge is 0.493 e. The topological polar surface area (TPSA) is 71.1 Å². The Balaban J connectivity index is 1.68. The van der Waals surface area contributed by atoms with E-state index in [1.807, 2.05) is 18.2 Å². The van der Waals surface area contributed by atoms with Gasteiger partial charge in [-0.2, -0.15) is 0 Å². The van der Waals surface area contributed by atoms with Gasteiger partial charge in [0.15, 0.2) is 21.3 Å². The molecular weight excluding hydrogens is 368 g/mol. The van der Waals surface area contributed by atoms with Crippen LogP contribution in [0, 0.1) is 0 Å². The Bertz CT molecular complexity index is 895. The van der Waals surface area contributed by atoms with Gasteiger partial charge in [-0.1, -0.05) is 13.0 Å². The number of sulfone groups is 1. The molecule has 144 valence electrons. The Morgan fingerprint density at radius 1 is 1.00 bits per heavy atom. The molecule has 27 heavy (non-hydrogen) atoms. The molecule has 0 spiro atoms. The minimum Gasteiger partial charge on any atom is -0.493 e. The molecule has 0 bridgehead atoms. The lowest BCUT2D eigenvalue weighted by Crippen LogP contribution is -2.15. The van der Waals surface area contributed by atoms with E-state index in [-0.39, 0.29) is 17.1 Å². The third kappa shape index (κ3) is 4.74. The average Bonchev–Trinajstić information content (AvgIpc) is 3.21. The molecule has 0 radical (unpaired) electrons. The van der Waals surface area contributed by atoms with Gasteiger partial charge in [-0.05, 0) is 48.4 Å². The molecule has 0 N–H and O–H groups in total. The van der Waals surface area contributed by atoms with Gasteiger partial charge in [-0.3, -0.25) is 0 Å². The zero-order chi connectivity index (χ0) is 19.3. The van der Waals surface area contributed by atoms with E-state index in [1.54, 1.807) is 19.2 Å². The van der Waals surface area contributed by atoms with Gasteiger partial charge < -0.3 is 18.9 Å². The molecule has 0 saturated heterocycles. The number of hydrogen-bond acceptors (Lipinski definition) is 6. The van der Waals surface area contributed by atoms with E-state index in [2.05, 4.69) is 6.92 Å². The van der Waals surface area contributed by atoms with Crippen molar-refractivity contribution < 1.29 is 27.4 Å². The van der Waals surface area contributed by atoms with Crippen LogP contribution in [0.4, 0.5) is 0 Å². The number of methoxy groups -OCH3 is 1. The van der Waals surface area contributed by atoms with Gasteiger partial charge in [-0.25, -0.2) is 8.42 Å². The molecule has 0 aliphatic carbocycles. The molecule has 0 saturated carbocycles. The first-order chi connectivity index (χ1) is 13.0. The van der Waals surface area contributed by atoms with Gasteiger partial charge in [0, 0.05) is 6.42 Å². The van der Waals surface area contributed by atoms with Crippen LogP contribution < -0.4 is 9.47 Å². The fourth-order valence-corrected chi connectivity index (χ4v) is 3.92. The normalized spacial score (nSPS) is 13.9. The summed E-state index contributed by atoms with van der Waals surface area (Å²) in [5.74, 6) is 1.68. The third-order valence-electron chi connectivity index (χ3n) is 4.19. The van der Waals surface area contributed by atoms with Crippen molar-refractivity contribution in [3.05, 3.63) is 60.6 Å². The van der Waals surface area contributed by atoms with Crippen molar-refractivity contribution in [2.24, 2.45) is 0 Å². The van der Waals surface area contributed by atoms with E-state index in [1.165, 1.54) is 24.7 Å². The highest BCUT2D eigenvalue weighted by molar-refractivity contribution is 7.91. The molecule has 0 atom stereocenters. The molecule has 0 unspecified atom stereocenters. The van der Waals surface area contributed by atoms with Crippen LogP contribution >= 0.6 is 0 Å². The molecule has 6 nitrogen and oxygen atoms in total. The second-order valence-electron chi connectivity index (χ2n) is 5.99. The van der Waals surface area contributed by atoms with Crippen LogP contribution in [0.1, 0.15) is 18.9 Å². The number of aryl methyl sites for hydroxylation is 1. The van der Waals surface area contributed by atoms with Crippen molar-refractivity contribution in [3.63, 3.8) is 0 Å². The smallest absolute Gasteiger partial charge is 0.240 e. The summed E-state index contributed by atoms with van der Waals surface area (Å²) >= 11 is 0. The molecule has 1 aliphatic heterocycles. The van der Waals surface area contributed by atoms with Crippen LogP contribution in [0.5, 0.6) is 17.2 Å². The van der Waals surface area contributed by atoms with Crippen LogP contribution in [0.2, 0.25) is 0 Å². The Kier molecular flexibility index (Phi) is 5.91. The predicted octanol–water partition coefficient (Wildman–Crippen LogP) is 4.06. The summed E-state index contributed by atoms with van der Waals surface area (Å²) in [5, 5.41) is 0. The molecule has 1 heterocycles. The van der Waals surface area contributed by atoms with Gasteiger partial charge in [0.2, 0.25) is 6.29 Å². The molecule has 2 aromatic rings. The van der Waals surface area contributed by atoms with Crippen molar-refractivity contribution in [2.45, 2.75) is 31.0 Å². The highest BCUT2D eigenvalue weighted by Gasteiger charge is 2.20. The molecular formula is C20H22O6S. The summed E-state index contributed by atoms with van der Waals surface area (Å²) < 4.78 is 46.3. The van der Waals surface area contributed by atoms with Crippen LogP contribution in [-0.4, -0.2) is 27.6 Å². The number of ether oxygens (including phenoxy) is 4. The SMILES string of the molecule is CCc1ccc(Oc2ccc(S(=O)(=O)CCC3OC=CO3)cc2)c(OC)c1. The van der Waals surface area contributed by atoms with Crippen LogP contribution in [0.25, 0.3) is 0 Å². The molecule has 1 aliphatic rings. The molecule has 7 heteroatoms. The minimum absolute atomic E-state index is 0.0636. The highest BCUT2D eigenvalue weighted by atomic mass is 32.2. The summed E-state index contributed by atoms with van der Waals surface area (Å²) in [4.78, 5) is 0.231. The standard InChI is InChI=1S/C20H22O6S/c1-3-15-4-9-18(19(14-15)23-2)26-16-5-7-17(8-6-16)27(21,22)13-10-20-24-11-12-25-20/h4-9,11-12,14,20H,3,10,13H2,1-2H3. The molecule has 0 fully saturated rings. The Hall–Kier alpha value is -2.67. The van der Waals surface area contributed by atoms with Gasteiger partial charge in [0.25, 0.3) is 0 Å². The lowest BCUT2D eigenvalue weighted by atomic mass is 10.1. The minimum atomic E-state index is -3.43. The van der Waals surface area contributed by atoms with Crippen LogP contribution in [-0.2, 0) is 25.7 Å². The zero-order valence-corrected chi connectivity index (χ0v) is 16.1. The fourth-order valence-electron chi connectivity index (χ4n) is 2.64. The number of hydrogen-bond donors (Lipinski definition) is 0. The van der Waals surface area contributed by atoms with Gasteiger partial charge in [-0.15, -0.1) is 0 Å². The maximum Gasteiger partial charge on any atom is 0.240 e. The molecule has 0 aromatic heterocycles. The summed E-state index contributed by atoms with van der Waals surface area (Å²) in [6.07, 6.45) is 3.43. The van der Waals surface area contributed by atoms with E-state index in [4.69, 9.17) is 18.9 Å². The Morgan fingerprint density at radius 2 is 1.70 bits per heavy atom. The van der Waals surface area contributed by atoms with Gasteiger partial charge >= 0.3 is 0 Å². The van der Waals surface area contributed by atoms with E-state index < -0.39 is 16.1 Å². The molecule has 0 amide bonds. The summed E-state index contributed by atoms with van der Waals surface area (Å²) in [5.41, 5.74) is 1.14. The maximum atomic E-state index is 12.4. The van der Waals surface area contributed by atoms with Crippen molar-refractivity contribution in [2.75, 3.05) is 12.9 Å². The van der Waals surface area contributed by atoms with E-state index in [9.17, 15) is 8.42 Å². The first-order valence-electron chi connectivity index (χ1n) is 8.65. The van der Waals surface area contributed by atoms with Gasteiger partial charge in [0.05, 0.1) is 17.8 Å². The zero-order valence-electron chi connectivity index (χ0n) is 15.3. The Labute approximate surface area is 159 Å². The Morgan fingerprint density at radius 3 is 2.33 bits per heavy atom. The first-order valence-corrected chi connectivity index (χ1v) is 10.3. The van der Waals surface area contributed by atoms with Crippen LogP contribution in [0.3, 0.4) is 0 Å². The van der Waals surface area contributed by atoms with E-state index in [0.29, 0.717) is 17.2 Å². The second kappa shape index (κ2) is 8.35. The lowest BCUT2D eigenvalue weighted by molar-refractivity contribution is -0.0235. The average molecular weight is 390 g/mol. The van der Waals surface area contributed by atoms with Gasteiger partial charge in [0.1, 0.15) is 18.3 Å².